The normalized spacial score (nSPS) is 18.4. The van der Waals surface area contributed by atoms with Crippen molar-refractivity contribution in [1.82, 2.24) is 5.32 Å². The molecular formula is C20H24F3N3O5. The molecule has 0 spiro atoms. The van der Waals surface area contributed by atoms with Gasteiger partial charge >= 0.3 is 12.1 Å². The zero-order valence-corrected chi connectivity index (χ0v) is 16.7. The number of aliphatic carboxylic acids is 1. The van der Waals surface area contributed by atoms with Gasteiger partial charge in [-0.1, -0.05) is 18.2 Å². The number of fused-ring (bicyclic) bond motifs is 1. The van der Waals surface area contributed by atoms with Crippen molar-refractivity contribution in [2.75, 3.05) is 19.8 Å². The zero-order valence-electron chi connectivity index (χ0n) is 16.7. The molecule has 1 atom stereocenters. The van der Waals surface area contributed by atoms with Crippen LogP contribution in [0.25, 0.3) is 0 Å². The average molecular weight is 443 g/mol. The number of nitrogens with one attached hydrogen (secondary N) is 1. The van der Waals surface area contributed by atoms with Gasteiger partial charge in [-0.25, -0.2) is 4.79 Å². The van der Waals surface area contributed by atoms with E-state index in [9.17, 15) is 23.2 Å². The third kappa shape index (κ3) is 7.20. The first-order chi connectivity index (χ1) is 14.5. The number of ether oxygens (including phenoxy) is 2. The van der Waals surface area contributed by atoms with E-state index in [2.05, 4.69) is 23.5 Å². The maximum atomic E-state index is 12.4. The summed E-state index contributed by atoms with van der Waals surface area (Å²) in [4.78, 5) is 21.3. The lowest BCUT2D eigenvalue weighted by Crippen LogP contribution is -2.58. The largest absolute Gasteiger partial charge is 0.490 e. The Morgan fingerprint density at radius 1 is 1.23 bits per heavy atom. The van der Waals surface area contributed by atoms with Gasteiger partial charge in [0.15, 0.2) is 0 Å². The number of nitrogens with two attached hydrogens (primary N) is 1. The molecule has 31 heavy (non-hydrogen) atoms. The van der Waals surface area contributed by atoms with Crippen LogP contribution in [0.15, 0.2) is 18.2 Å². The highest BCUT2D eigenvalue weighted by Gasteiger charge is 2.38. The van der Waals surface area contributed by atoms with E-state index in [-0.39, 0.29) is 5.91 Å². The molecule has 1 saturated heterocycles. The quantitative estimate of drug-likeness (QED) is 0.641. The molecule has 2 aliphatic heterocycles. The molecule has 0 radical (unpaired) electrons. The third-order valence-electron chi connectivity index (χ3n) is 5.02. The minimum Gasteiger partial charge on any atom is -0.475 e. The van der Waals surface area contributed by atoms with Crippen LogP contribution < -0.4 is 11.1 Å². The minimum absolute atomic E-state index is 0.265. The molecule has 4 N–H and O–H groups in total. The number of hydrogen-bond acceptors (Lipinski definition) is 6. The number of carbonyl (C=O) groups is 2. The molecule has 0 unspecified atom stereocenters. The van der Waals surface area contributed by atoms with E-state index >= 15 is 0 Å². The summed E-state index contributed by atoms with van der Waals surface area (Å²) in [5, 5.41) is 19.3. The summed E-state index contributed by atoms with van der Waals surface area (Å²) >= 11 is 0. The summed E-state index contributed by atoms with van der Waals surface area (Å²) < 4.78 is 42.5. The van der Waals surface area contributed by atoms with Crippen LogP contribution in [-0.2, 0) is 38.5 Å². The van der Waals surface area contributed by atoms with E-state index in [0.717, 1.165) is 18.6 Å². The second-order valence-electron chi connectivity index (χ2n) is 7.34. The Morgan fingerprint density at radius 3 is 2.45 bits per heavy atom. The zero-order chi connectivity index (χ0) is 23.1. The Balaban J connectivity index is 0.000000423. The second kappa shape index (κ2) is 10.6. The molecule has 0 aromatic heterocycles. The first-order valence-corrected chi connectivity index (χ1v) is 9.61. The molecule has 0 saturated carbocycles. The third-order valence-corrected chi connectivity index (χ3v) is 5.02. The fourth-order valence-corrected chi connectivity index (χ4v) is 3.18. The molecule has 8 nitrogen and oxygen atoms in total. The highest BCUT2D eigenvalue weighted by molar-refractivity contribution is 5.86. The van der Waals surface area contributed by atoms with E-state index in [1.807, 2.05) is 6.07 Å². The lowest BCUT2D eigenvalue weighted by Gasteiger charge is -2.32. The Morgan fingerprint density at radius 2 is 1.87 bits per heavy atom. The maximum Gasteiger partial charge on any atom is 0.490 e. The number of hydrogen-bond donors (Lipinski definition) is 3. The number of nitriles is 1. The predicted molar refractivity (Wildman–Crippen MR) is 102 cm³/mol. The number of alkyl halides is 3. The van der Waals surface area contributed by atoms with Crippen molar-refractivity contribution in [2.24, 2.45) is 5.73 Å². The fraction of sp³-hybridized carbons (Fsp3) is 0.550. The Bertz CT molecular complexity index is 832. The highest BCUT2D eigenvalue weighted by Crippen LogP contribution is 2.20. The van der Waals surface area contributed by atoms with Crippen LogP contribution in [-0.4, -0.2) is 54.6 Å². The number of carboxylic acid groups (broad SMARTS) is 1. The SMILES string of the molecule is N#C[C@H](Cc1ccc2c(c1)COCC2)NC(=O)C1(N)CCOCC1.O=C(O)C(F)(F)F. The van der Waals surface area contributed by atoms with Gasteiger partial charge < -0.3 is 25.6 Å². The number of amides is 1. The molecule has 1 fully saturated rings. The van der Waals surface area contributed by atoms with Crippen molar-refractivity contribution in [3.63, 3.8) is 0 Å². The molecule has 2 heterocycles. The van der Waals surface area contributed by atoms with Crippen LogP contribution in [0.1, 0.15) is 29.5 Å². The lowest BCUT2D eigenvalue weighted by molar-refractivity contribution is -0.192. The summed E-state index contributed by atoms with van der Waals surface area (Å²) in [5.41, 5.74) is 8.72. The van der Waals surface area contributed by atoms with Gasteiger partial charge in [0.25, 0.3) is 0 Å². The molecule has 0 bridgehead atoms. The number of rotatable bonds is 4. The van der Waals surface area contributed by atoms with E-state index < -0.39 is 23.7 Å². The number of carbonyl (C=O) groups excluding carboxylic acids is 1. The van der Waals surface area contributed by atoms with Crippen molar-refractivity contribution in [3.8, 4) is 6.07 Å². The number of benzene rings is 1. The van der Waals surface area contributed by atoms with Gasteiger partial charge in [0.2, 0.25) is 5.91 Å². The molecular weight excluding hydrogens is 419 g/mol. The van der Waals surface area contributed by atoms with Gasteiger partial charge in [0, 0.05) is 19.6 Å². The van der Waals surface area contributed by atoms with Crippen LogP contribution >= 0.6 is 0 Å². The topological polar surface area (TPSA) is 135 Å². The summed E-state index contributed by atoms with van der Waals surface area (Å²) in [5.74, 6) is -3.02. The molecule has 1 amide bonds. The van der Waals surface area contributed by atoms with Gasteiger partial charge in [-0.15, -0.1) is 0 Å². The Labute approximate surface area is 177 Å². The Kier molecular flexibility index (Phi) is 8.38. The van der Waals surface area contributed by atoms with Gasteiger partial charge in [-0.2, -0.15) is 18.4 Å². The Hall–Kier alpha value is -2.68. The summed E-state index contributed by atoms with van der Waals surface area (Å²) in [6.45, 7) is 2.32. The monoisotopic (exact) mass is 443 g/mol. The number of nitrogens with zero attached hydrogens (tertiary/aromatic N) is 1. The molecule has 11 heteroatoms. The predicted octanol–water partition coefficient (Wildman–Crippen LogP) is 1.45. The molecule has 1 aromatic carbocycles. The van der Waals surface area contributed by atoms with E-state index in [0.29, 0.717) is 39.1 Å². The lowest BCUT2D eigenvalue weighted by atomic mass is 9.89. The van der Waals surface area contributed by atoms with Crippen molar-refractivity contribution in [1.29, 1.82) is 5.26 Å². The molecule has 3 rings (SSSR count). The fourth-order valence-electron chi connectivity index (χ4n) is 3.18. The van der Waals surface area contributed by atoms with Gasteiger partial charge in [-0.3, -0.25) is 4.79 Å². The summed E-state index contributed by atoms with van der Waals surface area (Å²) in [6, 6.07) is 7.75. The van der Waals surface area contributed by atoms with Gasteiger partial charge in [-0.05, 0) is 36.0 Å². The standard InChI is InChI=1S/C18H23N3O3.C2HF3O2/c19-11-16(21-17(22)18(20)4-7-23-8-5-18)10-13-1-2-14-3-6-24-12-15(14)9-13;3-2(4,5)1(6)7/h1-2,9,16H,3-8,10,12,20H2,(H,21,22);(H,6,7)/t16-;/m0./s1. The van der Waals surface area contributed by atoms with Crippen molar-refractivity contribution in [2.45, 2.75) is 50.0 Å². The van der Waals surface area contributed by atoms with Crippen molar-refractivity contribution in [3.05, 3.63) is 34.9 Å². The number of carboxylic acids is 1. The molecule has 2 aliphatic rings. The van der Waals surface area contributed by atoms with Crippen LogP contribution in [0.5, 0.6) is 0 Å². The van der Waals surface area contributed by atoms with E-state index in [4.69, 9.17) is 25.1 Å². The first-order valence-electron chi connectivity index (χ1n) is 9.61. The van der Waals surface area contributed by atoms with Crippen LogP contribution in [0.2, 0.25) is 0 Å². The maximum absolute atomic E-state index is 12.4. The number of halogens is 3. The van der Waals surface area contributed by atoms with Gasteiger partial charge in [0.1, 0.15) is 6.04 Å². The molecule has 1 aromatic rings. The summed E-state index contributed by atoms with van der Waals surface area (Å²) in [7, 11) is 0. The first kappa shape index (κ1) is 24.6. The molecule has 170 valence electrons. The van der Waals surface area contributed by atoms with Crippen LogP contribution in [0.3, 0.4) is 0 Å². The average Bonchev–Trinajstić information content (AvgIpc) is 2.73. The van der Waals surface area contributed by atoms with E-state index in [1.165, 1.54) is 11.1 Å². The van der Waals surface area contributed by atoms with Gasteiger partial charge in [0.05, 0.1) is 24.8 Å². The van der Waals surface area contributed by atoms with E-state index in [1.54, 1.807) is 0 Å². The van der Waals surface area contributed by atoms with Crippen LogP contribution in [0, 0.1) is 11.3 Å². The second-order valence-corrected chi connectivity index (χ2v) is 7.34. The smallest absolute Gasteiger partial charge is 0.475 e. The van der Waals surface area contributed by atoms with Crippen molar-refractivity contribution >= 4 is 11.9 Å². The highest BCUT2D eigenvalue weighted by atomic mass is 19.4. The summed E-state index contributed by atoms with van der Waals surface area (Å²) in [6.07, 6.45) is -2.74. The minimum atomic E-state index is -5.08. The van der Waals surface area contributed by atoms with Crippen molar-refractivity contribution < 1.29 is 37.3 Å². The molecule has 0 aliphatic carbocycles. The van der Waals surface area contributed by atoms with Crippen LogP contribution in [0.4, 0.5) is 13.2 Å².